The molecule has 5 nitrogen and oxygen atoms in total. The maximum absolute atomic E-state index is 12.5. The number of fused-ring (bicyclic) bond motifs is 1. The third-order valence-electron chi connectivity index (χ3n) is 3.29. The van der Waals surface area contributed by atoms with Crippen molar-refractivity contribution in [3.8, 4) is 5.75 Å². The predicted octanol–water partition coefficient (Wildman–Crippen LogP) is 1.88. The maximum Gasteiger partial charge on any atom is 0.270 e. The topological polar surface area (TPSA) is 58.6 Å². The Hall–Kier alpha value is -2.30. The SMILES string of the molecule is C=CCNC(=O)CCN1C(=O)C(C)(C)Oc2ccccc21. The van der Waals surface area contributed by atoms with Gasteiger partial charge in [0, 0.05) is 19.5 Å². The molecule has 1 aliphatic heterocycles. The molecule has 5 heteroatoms. The average Bonchev–Trinajstić information content (AvgIpc) is 2.45. The predicted molar refractivity (Wildman–Crippen MR) is 81.3 cm³/mol. The van der Waals surface area contributed by atoms with Gasteiger partial charge in [-0.2, -0.15) is 0 Å². The van der Waals surface area contributed by atoms with Crippen LogP contribution >= 0.6 is 0 Å². The average molecular weight is 288 g/mol. The first kappa shape index (κ1) is 15.1. The molecular formula is C16H20N2O3. The maximum atomic E-state index is 12.5. The number of carbonyl (C=O) groups is 2. The van der Waals surface area contributed by atoms with Crippen LogP contribution in [0.3, 0.4) is 0 Å². The van der Waals surface area contributed by atoms with E-state index >= 15 is 0 Å². The summed E-state index contributed by atoms with van der Waals surface area (Å²) in [6.07, 6.45) is 1.86. The van der Waals surface area contributed by atoms with Gasteiger partial charge >= 0.3 is 0 Å². The molecule has 1 N–H and O–H groups in total. The number of hydrogen-bond acceptors (Lipinski definition) is 3. The molecule has 112 valence electrons. The highest BCUT2D eigenvalue weighted by Gasteiger charge is 2.40. The largest absolute Gasteiger partial charge is 0.476 e. The monoisotopic (exact) mass is 288 g/mol. The number of nitrogens with one attached hydrogen (secondary N) is 1. The second-order valence-corrected chi connectivity index (χ2v) is 5.38. The van der Waals surface area contributed by atoms with Crippen molar-refractivity contribution in [1.29, 1.82) is 0 Å². The van der Waals surface area contributed by atoms with Crippen LogP contribution in [0.2, 0.25) is 0 Å². The molecule has 0 spiro atoms. The van der Waals surface area contributed by atoms with Crippen molar-refractivity contribution >= 4 is 17.5 Å². The molecule has 0 aliphatic carbocycles. The highest BCUT2D eigenvalue weighted by molar-refractivity contribution is 6.02. The number of carbonyl (C=O) groups excluding carboxylic acids is 2. The molecule has 0 saturated heterocycles. The first-order valence-corrected chi connectivity index (χ1v) is 6.93. The Labute approximate surface area is 124 Å². The zero-order valence-electron chi connectivity index (χ0n) is 12.4. The van der Waals surface area contributed by atoms with E-state index in [-0.39, 0.29) is 18.2 Å². The quantitative estimate of drug-likeness (QED) is 0.842. The van der Waals surface area contributed by atoms with Gasteiger partial charge in [0.25, 0.3) is 5.91 Å². The van der Waals surface area contributed by atoms with E-state index in [0.717, 1.165) is 0 Å². The van der Waals surface area contributed by atoms with Crippen molar-refractivity contribution in [2.24, 2.45) is 0 Å². The molecule has 0 aromatic heterocycles. The fraction of sp³-hybridized carbons (Fsp3) is 0.375. The lowest BCUT2D eigenvalue weighted by molar-refractivity contribution is -0.132. The molecule has 0 fully saturated rings. The van der Waals surface area contributed by atoms with Crippen LogP contribution in [-0.4, -0.2) is 30.5 Å². The Balaban J connectivity index is 2.15. The standard InChI is InChI=1S/C16H20N2O3/c1-4-10-17-14(19)9-11-18-12-7-5-6-8-13(12)21-16(2,3)15(18)20/h4-8H,1,9-11H2,2-3H3,(H,17,19). The number of para-hydroxylation sites is 2. The van der Waals surface area contributed by atoms with Gasteiger partial charge in [-0.1, -0.05) is 18.2 Å². The molecule has 1 aliphatic rings. The minimum atomic E-state index is -0.925. The van der Waals surface area contributed by atoms with Gasteiger partial charge < -0.3 is 15.0 Å². The van der Waals surface area contributed by atoms with Gasteiger partial charge in [-0.3, -0.25) is 9.59 Å². The molecule has 0 atom stereocenters. The van der Waals surface area contributed by atoms with Crippen LogP contribution in [-0.2, 0) is 9.59 Å². The van der Waals surface area contributed by atoms with Crippen molar-refractivity contribution in [3.63, 3.8) is 0 Å². The number of amides is 2. The smallest absolute Gasteiger partial charge is 0.270 e. The molecule has 1 aromatic carbocycles. The summed E-state index contributed by atoms with van der Waals surface area (Å²) in [4.78, 5) is 25.8. The lowest BCUT2D eigenvalue weighted by atomic mass is 10.0. The fourth-order valence-corrected chi connectivity index (χ4v) is 2.23. The summed E-state index contributed by atoms with van der Waals surface area (Å²) in [5.41, 5.74) is -0.218. The van der Waals surface area contributed by atoms with Crippen LogP contribution in [0.4, 0.5) is 5.69 Å². The molecule has 1 aromatic rings. The van der Waals surface area contributed by atoms with Crippen LogP contribution in [0.5, 0.6) is 5.75 Å². The Kier molecular flexibility index (Phi) is 4.31. The second-order valence-electron chi connectivity index (χ2n) is 5.38. The highest BCUT2D eigenvalue weighted by atomic mass is 16.5. The summed E-state index contributed by atoms with van der Waals surface area (Å²) < 4.78 is 5.73. The Bertz CT molecular complexity index is 566. The molecule has 2 amide bonds. The van der Waals surface area contributed by atoms with Crippen molar-refractivity contribution in [3.05, 3.63) is 36.9 Å². The zero-order valence-corrected chi connectivity index (χ0v) is 12.4. The van der Waals surface area contributed by atoms with E-state index in [0.29, 0.717) is 24.5 Å². The van der Waals surface area contributed by atoms with Gasteiger partial charge in [-0.15, -0.1) is 6.58 Å². The zero-order chi connectivity index (χ0) is 15.5. The minimum Gasteiger partial charge on any atom is -0.476 e. The van der Waals surface area contributed by atoms with Crippen molar-refractivity contribution in [2.45, 2.75) is 25.9 Å². The summed E-state index contributed by atoms with van der Waals surface area (Å²) in [6.45, 7) is 7.77. The third kappa shape index (κ3) is 3.24. The number of anilines is 1. The Morgan fingerprint density at radius 1 is 1.43 bits per heavy atom. The molecule has 1 heterocycles. The lowest BCUT2D eigenvalue weighted by Crippen LogP contribution is -2.53. The van der Waals surface area contributed by atoms with Gasteiger partial charge in [0.15, 0.2) is 5.60 Å². The number of nitrogens with zero attached hydrogens (tertiary/aromatic N) is 1. The van der Waals surface area contributed by atoms with Gasteiger partial charge in [0.2, 0.25) is 5.91 Å². The van der Waals surface area contributed by atoms with Crippen molar-refractivity contribution < 1.29 is 14.3 Å². The van der Waals surface area contributed by atoms with Crippen molar-refractivity contribution in [2.75, 3.05) is 18.0 Å². The van der Waals surface area contributed by atoms with E-state index in [2.05, 4.69) is 11.9 Å². The van der Waals surface area contributed by atoms with E-state index in [1.54, 1.807) is 24.8 Å². The van der Waals surface area contributed by atoms with Gasteiger partial charge in [-0.05, 0) is 26.0 Å². The van der Waals surface area contributed by atoms with Gasteiger partial charge in [0.05, 0.1) is 5.69 Å². The van der Waals surface area contributed by atoms with E-state index in [1.807, 2.05) is 24.3 Å². The number of ether oxygens (including phenoxy) is 1. The first-order valence-electron chi connectivity index (χ1n) is 6.93. The van der Waals surface area contributed by atoms with Crippen molar-refractivity contribution in [1.82, 2.24) is 5.32 Å². The summed E-state index contributed by atoms with van der Waals surface area (Å²) in [7, 11) is 0. The second kappa shape index (κ2) is 5.99. The van der Waals surface area contributed by atoms with Crippen LogP contribution in [0.1, 0.15) is 20.3 Å². The van der Waals surface area contributed by atoms with Crippen LogP contribution in [0.15, 0.2) is 36.9 Å². The summed E-state index contributed by atoms with van der Waals surface area (Å²) in [5.74, 6) is 0.413. The normalized spacial score (nSPS) is 15.9. The Morgan fingerprint density at radius 2 is 2.14 bits per heavy atom. The number of benzene rings is 1. The van der Waals surface area contributed by atoms with Gasteiger partial charge in [-0.25, -0.2) is 0 Å². The number of hydrogen-bond donors (Lipinski definition) is 1. The summed E-state index contributed by atoms with van der Waals surface area (Å²) >= 11 is 0. The first-order chi connectivity index (χ1) is 9.95. The third-order valence-corrected chi connectivity index (χ3v) is 3.29. The van der Waals surface area contributed by atoms with E-state index in [4.69, 9.17) is 4.74 Å². The van der Waals surface area contributed by atoms with E-state index < -0.39 is 5.60 Å². The highest BCUT2D eigenvalue weighted by Crippen LogP contribution is 2.37. The summed E-state index contributed by atoms with van der Waals surface area (Å²) in [5, 5.41) is 2.71. The van der Waals surface area contributed by atoms with Crippen LogP contribution in [0.25, 0.3) is 0 Å². The van der Waals surface area contributed by atoms with Gasteiger partial charge in [0.1, 0.15) is 5.75 Å². The fourth-order valence-electron chi connectivity index (χ4n) is 2.23. The molecule has 21 heavy (non-hydrogen) atoms. The lowest BCUT2D eigenvalue weighted by Gasteiger charge is -2.38. The number of rotatable bonds is 5. The van der Waals surface area contributed by atoms with E-state index in [9.17, 15) is 9.59 Å². The molecule has 0 bridgehead atoms. The minimum absolute atomic E-state index is 0.107. The van der Waals surface area contributed by atoms with E-state index in [1.165, 1.54) is 0 Å². The van der Waals surface area contributed by atoms with Crippen LogP contribution < -0.4 is 15.0 Å². The van der Waals surface area contributed by atoms with Crippen LogP contribution in [0, 0.1) is 0 Å². The molecule has 2 rings (SSSR count). The Morgan fingerprint density at radius 3 is 2.86 bits per heavy atom. The molecule has 0 unspecified atom stereocenters. The molecule has 0 saturated carbocycles. The molecule has 0 radical (unpaired) electrons. The molecular weight excluding hydrogens is 268 g/mol. The summed E-state index contributed by atoms with van der Waals surface area (Å²) in [6, 6.07) is 7.36.